The highest BCUT2D eigenvalue weighted by molar-refractivity contribution is 9.10. The van der Waals surface area contributed by atoms with E-state index < -0.39 is 0 Å². The van der Waals surface area contributed by atoms with Gasteiger partial charge in [-0.05, 0) is 76.5 Å². The number of rotatable bonds is 5. The third-order valence-electron chi connectivity index (χ3n) is 4.31. The van der Waals surface area contributed by atoms with Gasteiger partial charge in [-0.25, -0.2) is 0 Å². The van der Waals surface area contributed by atoms with E-state index in [9.17, 15) is 4.79 Å². The molecule has 132 valence electrons. The summed E-state index contributed by atoms with van der Waals surface area (Å²) in [4.78, 5) is 14.4. The lowest BCUT2D eigenvalue weighted by molar-refractivity contribution is -0.116. The van der Waals surface area contributed by atoms with Crippen molar-refractivity contribution in [3.05, 3.63) is 28.2 Å². The molecule has 0 aliphatic carbocycles. The summed E-state index contributed by atoms with van der Waals surface area (Å²) in [5, 5.41) is 7.16. The molecule has 1 aromatic rings. The normalized spacial score (nSPS) is 19.8. The van der Waals surface area contributed by atoms with Crippen LogP contribution in [0.25, 0.3) is 0 Å². The highest BCUT2D eigenvalue weighted by Gasteiger charge is 2.32. The molecule has 0 unspecified atom stereocenters. The van der Waals surface area contributed by atoms with E-state index in [-0.39, 0.29) is 11.4 Å². The standard InChI is InChI=1S/C18H26BrN3OS/c1-12-10-14(19)7-8-15(12)20-16(23)6-5-9-22-13(2)11-18(3,4)21-17(22)24/h7-8,10,13H,5-6,9,11H2,1-4H3,(H,20,23)(H,21,24)/t13-/m1/s1. The summed E-state index contributed by atoms with van der Waals surface area (Å²) in [6, 6.07) is 6.25. The second-order valence-electron chi connectivity index (χ2n) is 7.17. The Hall–Kier alpha value is -1.14. The number of hydrogen-bond acceptors (Lipinski definition) is 2. The highest BCUT2D eigenvalue weighted by Crippen LogP contribution is 2.23. The van der Waals surface area contributed by atoms with Crippen molar-refractivity contribution in [2.24, 2.45) is 0 Å². The van der Waals surface area contributed by atoms with Gasteiger partial charge in [0.05, 0.1) is 0 Å². The number of aryl methyl sites for hydroxylation is 1. The molecule has 1 amide bonds. The van der Waals surface area contributed by atoms with Gasteiger partial charge in [0, 0.05) is 34.7 Å². The lowest BCUT2D eigenvalue weighted by Gasteiger charge is -2.44. The first-order valence-corrected chi connectivity index (χ1v) is 9.53. The molecule has 1 aromatic carbocycles. The summed E-state index contributed by atoms with van der Waals surface area (Å²) in [6.45, 7) is 9.32. The molecule has 0 aromatic heterocycles. The van der Waals surface area contributed by atoms with E-state index in [4.69, 9.17) is 12.2 Å². The number of carbonyl (C=O) groups excluding carboxylic acids is 1. The number of amides is 1. The van der Waals surface area contributed by atoms with Crippen molar-refractivity contribution < 1.29 is 4.79 Å². The van der Waals surface area contributed by atoms with Crippen LogP contribution in [-0.4, -0.2) is 34.0 Å². The zero-order valence-electron chi connectivity index (χ0n) is 14.8. The molecule has 1 fully saturated rings. The fourth-order valence-electron chi connectivity index (χ4n) is 3.17. The van der Waals surface area contributed by atoms with E-state index in [1.807, 2.05) is 25.1 Å². The largest absolute Gasteiger partial charge is 0.358 e. The minimum Gasteiger partial charge on any atom is -0.358 e. The van der Waals surface area contributed by atoms with E-state index in [1.54, 1.807) is 0 Å². The number of hydrogen-bond donors (Lipinski definition) is 2. The molecular formula is C18H26BrN3OS. The van der Waals surface area contributed by atoms with Crippen LogP contribution in [0.3, 0.4) is 0 Å². The lowest BCUT2D eigenvalue weighted by Crippen LogP contribution is -2.60. The summed E-state index contributed by atoms with van der Waals surface area (Å²) in [7, 11) is 0. The van der Waals surface area contributed by atoms with Crippen molar-refractivity contribution in [1.82, 2.24) is 10.2 Å². The predicted molar refractivity (Wildman–Crippen MR) is 107 cm³/mol. The van der Waals surface area contributed by atoms with Gasteiger partial charge < -0.3 is 15.5 Å². The van der Waals surface area contributed by atoms with Crippen LogP contribution >= 0.6 is 28.1 Å². The predicted octanol–water partition coefficient (Wildman–Crippen LogP) is 4.22. The fourth-order valence-corrected chi connectivity index (χ4v) is 4.20. The van der Waals surface area contributed by atoms with Gasteiger partial charge in [-0.1, -0.05) is 15.9 Å². The number of benzene rings is 1. The Labute approximate surface area is 158 Å². The maximum atomic E-state index is 12.2. The molecule has 4 nitrogen and oxygen atoms in total. The molecule has 2 rings (SSSR count). The zero-order valence-corrected chi connectivity index (χ0v) is 17.2. The second-order valence-corrected chi connectivity index (χ2v) is 8.47. The van der Waals surface area contributed by atoms with Crippen molar-refractivity contribution in [2.45, 2.75) is 58.5 Å². The van der Waals surface area contributed by atoms with Crippen molar-refractivity contribution in [2.75, 3.05) is 11.9 Å². The smallest absolute Gasteiger partial charge is 0.224 e. The van der Waals surface area contributed by atoms with Crippen LogP contribution in [0, 0.1) is 6.92 Å². The Morgan fingerprint density at radius 2 is 2.21 bits per heavy atom. The first kappa shape index (κ1) is 19.2. The van der Waals surface area contributed by atoms with Crippen LogP contribution in [-0.2, 0) is 4.79 Å². The van der Waals surface area contributed by atoms with Gasteiger partial charge in [0.15, 0.2) is 5.11 Å². The van der Waals surface area contributed by atoms with Gasteiger partial charge in [-0.15, -0.1) is 0 Å². The third kappa shape index (κ3) is 5.18. The number of nitrogens with one attached hydrogen (secondary N) is 2. The van der Waals surface area contributed by atoms with Crippen molar-refractivity contribution in [3.8, 4) is 0 Å². The van der Waals surface area contributed by atoms with Crippen LogP contribution in [0.1, 0.15) is 45.6 Å². The number of nitrogens with zero attached hydrogens (tertiary/aromatic N) is 1. The molecule has 2 N–H and O–H groups in total. The molecule has 1 heterocycles. The Morgan fingerprint density at radius 3 is 2.83 bits per heavy atom. The number of halogens is 1. The summed E-state index contributed by atoms with van der Waals surface area (Å²) >= 11 is 8.91. The average Bonchev–Trinajstić information content (AvgIpc) is 2.44. The maximum Gasteiger partial charge on any atom is 0.224 e. The SMILES string of the molecule is Cc1cc(Br)ccc1NC(=O)CCCN1C(=S)NC(C)(C)C[C@H]1C. The maximum absolute atomic E-state index is 12.2. The molecule has 0 spiro atoms. The quantitative estimate of drug-likeness (QED) is 0.711. The van der Waals surface area contributed by atoms with E-state index >= 15 is 0 Å². The minimum absolute atomic E-state index is 0.0451. The number of thiocarbonyl (C=S) groups is 1. The topological polar surface area (TPSA) is 44.4 Å². The van der Waals surface area contributed by atoms with E-state index in [0.29, 0.717) is 12.5 Å². The molecule has 0 bridgehead atoms. The molecule has 1 aliphatic rings. The first-order valence-electron chi connectivity index (χ1n) is 8.33. The molecule has 24 heavy (non-hydrogen) atoms. The molecule has 0 saturated carbocycles. The van der Waals surface area contributed by atoms with Crippen molar-refractivity contribution >= 4 is 44.9 Å². The van der Waals surface area contributed by atoms with Gasteiger partial charge in [-0.2, -0.15) is 0 Å². The van der Waals surface area contributed by atoms with Gasteiger partial charge in [0.25, 0.3) is 0 Å². The van der Waals surface area contributed by atoms with Crippen LogP contribution in [0.5, 0.6) is 0 Å². The van der Waals surface area contributed by atoms with Gasteiger partial charge in [0.1, 0.15) is 0 Å². The summed E-state index contributed by atoms with van der Waals surface area (Å²) < 4.78 is 1.01. The monoisotopic (exact) mass is 411 g/mol. The summed E-state index contributed by atoms with van der Waals surface area (Å²) in [6.07, 6.45) is 2.32. The second kappa shape index (κ2) is 7.83. The molecule has 0 radical (unpaired) electrons. The molecule has 1 aliphatic heterocycles. The average molecular weight is 412 g/mol. The van der Waals surface area contributed by atoms with Crippen LogP contribution in [0.15, 0.2) is 22.7 Å². The highest BCUT2D eigenvalue weighted by atomic mass is 79.9. The van der Waals surface area contributed by atoms with E-state index in [0.717, 1.165) is 40.2 Å². The fraction of sp³-hybridized carbons (Fsp3) is 0.556. The third-order valence-corrected chi connectivity index (χ3v) is 5.14. The molecule has 1 saturated heterocycles. The summed E-state index contributed by atoms with van der Waals surface area (Å²) in [5.41, 5.74) is 1.96. The molecular weight excluding hydrogens is 386 g/mol. The zero-order chi connectivity index (χ0) is 17.9. The van der Waals surface area contributed by atoms with Crippen LogP contribution in [0.4, 0.5) is 5.69 Å². The van der Waals surface area contributed by atoms with E-state index in [2.05, 4.69) is 52.2 Å². The van der Waals surface area contributed by atoms with Crippen molar-refractivity contribution in [3.63, 3.8) is 0 Å². The Bertz CT molecular complexity index is 633. The minimum atomic E-state index is 0.0451. The van der Waals surface area contributed by atoms with Gasteiger partial charge >= 0.3 is 0 Å². The summed E-state index contributed by atoms with van der Waals surface area (Å²) in [5.74, 6) is 0.0456. The Morgan fingerprint density at radius 1 is 1.50 bits per heavy atom. The van der Waals surface area contributed by atoms with E-state index in [1.165, 1.54) is 0 Å². The number of carbonyl (C=O) groups is 1. The van der Waals surface area contributed by atoms with Gasteiger partial charge in [-0.3, -0.25) is 4.79 Å². The number of anilines is 1. The van der Waals surface area contributed by atoms with Crippen LogP contribution < -0.4 is 10.6 Å². The Kier molecular flexibility index (Phi) is 6.26. The van der Waals surface area contributed by atoms with Crippen LogP contribution in [0.2, 0.25) is 0 Å². The molecule has 1 atom stereocenters. The lowest BCUT2D eigenvalue weighted by atomic mass is 9.93. The van der Waals surface area contributed by atoms with Crippen molar-refractivity contribution in [1.29, 1.82) is 0 Å². The van der Waals surface area contributed by atoms with Gasteiger partial charge in [0.2, 0.25) is 5.91 Å². The molecule has 6 heteroatoms. The first-order chi connectivity index (χ1) is 11.2. The Balaban J connectivity index is 1.81.